The maximum absolute atomic E-state index is 12.3. The van der Waals surface area contributed by atoms with E-state index in [2.05, 4.69) is 15.2 Å². The number of aromatic nitrogens is 3. The third-order valence-corrected chi connectivity index (χ3v) is 4.10. The zero-order valence-electron chi connectivity index (χ0n) is 10.9. The summed E-state index contributed by atoms with van der Waals surface area (Å²) in [7, 11) is 1.88. The molecule has 1 aromatic rings. The van der Waals surface area contributed by atoms with Crippen LogP contribution in [0.5, 0.6) is 0 Å². The van der Waals surface area contributed by atoms with Crippen molar-refractivity contribution in [2.24, 2.45) is 0 Å². The lowest BCUT2D eigenvalue weighted by Crippen LogP contribution is -2.38. The molecule has 0 bridgehead atoms. The second-order valence-electron chi connectivity index (χ2n) is 5.53. The summed E-state index contributed by atoms with van der Waals surface area (Å²) in [6.45, 7) is 0. The molecule has 2 fully saturated rings. The van der Waals surface area contributed by atoms with Crippen LogP contribution in [-0.4, -0.2) is 39.1 Å². The normalized spacial score (nSPS) is 20.9. The highest BCUT2D eigenvalue weighted by atomic mass is 16.2. The lowest BCUT2D eigenvalue weighted by atomic mass is 9.94. The minimum atomic E-state index is -0.0370. The van der Waals surface area contributed by atoms with Crippen LogP contribution in [0.15, 0.2) is 0 Å². The number of nitrogens with zero attached hydrogens (tertiary/aromatic N) is 3. The molecule has 0 radical (unpaired) electrons. The Morgan fingerprint density at radius 1 is 1.22 bits per heavy atom. The van der Waals surface area contributed by atoms with E-state index in [1.54, 1.807) is 0 Å². The maximum Gasteiger partial charge on any atom is 0.293 e. The average molecular weight is 248 g/mol. The first-order valence-electron chi connectivity index (χ1n) is 6.95. The van der Waals surface area contributed by atoms with E-state index in [0.29, 0.717) is 17.8 Å². The minimum Gasteiger partial charge on any atom is -0.336 e. The molecular weight excluding hydrogens is 228 g/mol. The van der Waals surface area contributed by atoms with Gasteiger partial charge in [0.15, 0.2) is 0 Å². The van der Waals surface area contributed by atoms with E-state index in [9.17, 15) is 4.79 Å². The minimum absolute atomic E-state index is 0.0370. The number of nitrogens with one attached hydrogen (secondary N) is 1. The van der Waals surface area contributed by atoms with E-state index in [0.717, 1.165) is 18.7 Å². The predicted octanol–water partition coefficient (Wildman–Crippen LogP) is 2.09. The van der Waals surface area contributed by atoms with Gasteiger partial charge in [0.05, 0.1) is 0 Å². The van der Waals surface area contributed by atoms with Crippen molar-refractivity contribution < 1.29 is 4.79 Å². The summed E-state index contributed by atoms with van der Waals surface area (Å²) in [5.74, 6) is 1.70. The van der Waals surface area contributed by atoms with E-state index in [4.69, 9.17) is 0 Å². The average Bonchev–Trinajstić information content (AvgIpc) is 3.16. The van der Waals surface area contributed by atoms with Crippen molar-refractivity contribution in [2.75, 3.05) is 7.05 Å². The molecule has 0 saturated heterocycles. The van der Waals surface area contributed by atoms with Crippen molar-refractivity contribution >= 4 is 5.91 Å². The van der Waals surface area contributed by atoms with Gasteiger partial charge in [0.25, 0.3) is 5.91 Å². The molecule has 1 amide bonds. The van der Waals surface area contributed by atoms with Gasteiger partial charge in [0.1, 0.15) is 5.82 Å². The number of carbonyl (C=O) groups is 1. The first-order chi connectivity index (χ1) is 8.75. The van der Waals surface area contributed by atoms with Gasteiger partial charge in [-0.15, -0.1) is 5.10 Å². The lowest BCUT2D eigenvalue weighted by Gasteiger charge is -2.30. The van der Waals surface area contributed by atoms with Gasteiger partial charge in [-0.05, 0) is 25.7 Å². The molecule has 2 aliphatic rings. The van der Waals surface area contributed by atoms with Gasteiger partial charge in [-0.3, -0.25) is 9.89 Å². The number of amides is 1. The molecule has 1 N–H and O–H groups in total. The summed E-state index contributed by atoms with van der Waals surface area (Å²) in [5.41, 5.74) is 0. The highest BCUT2D eigenvalue weighted by Gasteiger charge is 2.30. The summed E-state index contributed by atoms with van der Waals surface area (Å²) in [6, 6.07) is 0.370. The number of hydrogen-bond acceptors (Lipinski definition) is 3. The summed E-state index contributed by atoms with van der Waals surface area (Å²) < 4.78 is 0. The molecule has 5 heteroatoms. The van der Waals surface area contributed by atoms with Crippen LogP contribution in [0.25, 0.3) is 0 Å². The SMILES string of the molecule is CN(C(=O)c1n[nH]c(C2CC2)n1)C1CCCCC1. The van der Waals surface area contributed by atoms with Crippen LogP contribution >= 0.6 is 0 Å². The van der Waals surface area contributed by atoms with Crippen molar-refractivity contribution in [1.82, 2.24) is 20.1 Å². The summed E-state index contributed by atoms with van der Waals surface area (Å²) in [6.07, 6.45) is 8.31. The molecule has 1 aromatic heterocycles. The Labute approximate surface area is 107 Å². The quantitative estimate of drug-likeness (QED) is 0.891. The molecule has 1 heterocycles. The Bertz CT molecular complexity index is 432. The van der Waals surface area contributed by atoms with Gasteiger partial charge in [-0.1, -0.05) is 19.3 Å². The van der Waals surface area contributed by atoms with Crippen LogP contribution < -0.4 is 0 Å². The third kappa shape index (κ3) is 2.26. The molecule has 2 saturated carbocycles. The van der Waals surface area contributed by atoms with Gasteiger partial charge < -0.3 is 4.90 Å². The lowest BCUT2D eigenvalue weighted by molar-refractivity contribution is 0.0684. The van der Waals surface area contributed by atoms with E-state index in [-0.39, 0.29) is 5.91 Å². The first-order valence-corrected chi connectivity index (χ1v) is 6.95. The van der Waals surface area contributed by atoms with Crippen molar-refractivity contribution in [3.63, 3.8) is 0 Å². The number of H-pyrrole nitrogens is 1. The molecule has 0 aliphatic heterocycles. The highest BCUT2D eigenvalue weighted by Crippen LogP contribution is 2.37. The Morgan fingerprint density at radius 3 is 2.61 bits per heavy atom. The molecule has 0 spiro atoms. The molecule has 3 rings (SSSR count). The smallest absolute Gasteiger partial charge is 0.293 e. The Balaban J connectivity index is 1.67. The van der Waals surface area contributed by atoms with E-state index in [1.165, 1.54) is 32.1 Å². The van der Waals surface area contributed by atoms with Crippen molar-refractivity contribution in [3.8, 4) is 0 Å². The molecule has 5 nitrogen and oxygen atoms in total. The largest absolute Gasteiger partial charge is 0.336 e. The zero-order chi connectivity index (χ0) is 12.5. The highest BCUT2D eigenvalue weighted by molar-refractivity contribution is 5.90. The molecule has 0 aromatic carbocycles. The van der Waals surface area contributed by atoms with Gasteiger partial charge >= 0.3 is 0 Å². The van der Waals surface area contributed by atoms with Crippen LogP contribution in [0, 0.1) is 0 Å². The van der Waals surface area contributed by atoms with E-state index < -0.39 is 0 Å². The van der Waals surface area contributed by atoms with Crippen LogP contribution in [0.1, 0.15) is 67.3 Å². The van der Waals surface area contributed by atoms with E-state index in [1.807, 2.05) is 11.9 Å². The number of hydrogen-bond donors (Lipinski definition) is 1. The van der Waals surface area contributed by atoms with Crippen molar-refractivity contribution in [1.29, 1.82) is 0 Å². The Hall–Kier alpha value is -1.39. The molecule has 2 aliphatic carbocycles. The second kappa shape index (κ2) is 4.71. The van der Waals surface area contributed by atoms with Gasteiger partial charge in [-0.25, -0.2) is 4.98 Å². The summed E-state index contributed by atoms with van der Waals surface area (Å²) in [5, 5.41) is 6.96. The fourth-order valence-electron chi connectivity index (χ4n) is 2.70. The second-order valence-corrected chi connectivity index (χ2v) is 5.53. The van der Waals surface area contributed by atoms with Crippen molar-refractivity contribution in [2.45, 2.75) is 56.9 Å². The Kier molecular flexibility index (Phi) is 3.06. The van der Waals surface area contributed by atoms with Crippen LogP contribution in [-0.2, 0) is 0 Å². The zero-order valence-corrected chi connectivity index (χ0v) is 10.9. The molecule has 98 valence electrons. The fourth-order valence-corrected chi connectivity index (χ4v) is 2.70. The van der Waals surface area contributed by atoms with Crippen LogP contribution in [0.2, 0.25) is 0 Å². The summed E-state index contributed by atoms with van der Waals surface area (Å²) in [4.78, 5) is 18.4. The molecule has 0 atom stereocenters. The first kappa shape index (κ1) is 11.7. The topological polar surface area (TPSA) is 61.9 Å². The van der Waals surface area contributed by atoms with Crippen LogP contribution in [0.4, 0.5) is 0 Å². The van der Waals surface area contributed by atoms with Gasteiger partial charge in [0, 0.05) is 19.0 Å². The van der Waals surface area contributed by atoms with Crippen LogP contribution in [0.3, 0.4) is 0 Å². The number of aromatic amines is 1. The third-order valence-electron chi connectivity index (χ3n) is 4.10. The van der Waals surface area contributed by atoms with Crippen molar-refractivity contribution in [3.05, 3.63) is 11.6 Å². The van der Waals surface area contributed by atoms with Gasteiger partial charge in [0.2, 0.25) is 5.82 Å². The van der Waals surface area contributed by atoms with E-state index >= 15 is 0 Å². The molecule has 0 unspecified atom stereocenters. The molecular formula is C13H20N4O. The Morgan fingerprint density at radius 2 is 1.94 bits per heavy atom. The number of rotatable bonds is 3. The number of carbonyl (C=O) groups excluding carboxylic acids is 1. The summed E-state index contributed by atoms with van der Waals surface area (Å²) >= 11 is 0. The maximum atomic E-state index is 12.3. The molecule has 18 heavy (non-hydrogen) atoms. The van der Waals surface area contributed by atoms with Gasteiger partial charge in [-0.2, -0.15) is 0 Å². The predicted molar refractivity (Wildman–Crippen MR) is 67.3 cm³/mol. The monoisotopic (exact) mass is 248 g/mol. The standard InChI is InChI=1S/C13H20N4O/c1-17(10-5-3-2-4-6-10)13(18)12-14-11(15-16-12)9-7-8-9/h9-10H,2-8H2,1H3,(H,14,15,16). The fraction of sp³-hybridized carbons (Fsp3) is 0.769.